The SMILES string of the molecule is CCCCNC(=NCc1ccc(C)cc1)NCC(=O)NCC. The van der Waals surface area contributed by atoms with Gasteiger partial charge in [-0.15, -0.1) is 0 Å². The first-order valence-corrected chi connectivity index (χ1v) is 8.00. The summed E-state index contributed by atoms with van der Waals surface area (Å²) in [5, 5.41) is 9.09. The van der Waals surface area contributed by atoms with Gasteiger partial charge in [-0.3, -0.25) is 4.79 Å². The van der Waals surface area contributed by atoms with E-state index in [1.54, 1.807) is 0 Å². The first-order chi connectivity index (χ1) is 10.7. The van der Waals surface area contributed by atoms with Gasteiger partial charge in [-0.05, 0) is 25.8 Å². The summed E-state index contributed by atoms with van der Waals surface area (Å²) in [6.45, 7) is 8.44. The molecule has 0 atom stereocenters. The number of hydrogen-bond donors (Lipinski definition) is 3. The summed E-state index contributed by atoms with van der Waals surface area (Å²) in [6, 6.07) is 8.31. The van der Waals surface area contributed by atoms with Gasteiger partial charge in [0.25, 0.3) is 0 Å². The Kier molecular flexibility index (Phi) is 8.72. The predicted octanol–water partition coefficient (Wildman–Crippen LogP) is 1.97. The number of likely N-dealkylation sites (N-methyl/N-ethyl adjacent to an activating group) is 1. The molecule has 0 unspecified atom stereocenters. The van der Waals surface area contributed by atoms with Crippen LogP contribution in [0.15, 0.2) is 29.3 Å². The van der Waals surface area contributed by atoms with Crippen LogP contribution in [-0.2, 0) is 11.3 Å². The minimum absolute atomic E-state index is 0.0252. The third-order valence-corrected chi connectivity index (χ3v) is 3.15. The molecular weight excluding hydrogens is 276 g/mol. The standard InChI is InChI=1S/C17H28N4O/c1-4-6-11-19-17(21-13-16(22)18-5-2)20-12-15-9-7-14(3)8-10-15/h7-10H,4-6,11-13H2,1-3H3,(H,18,22)(H2,19,20,21). The molecule has 0 heterocycles. The van der Waals surface area contributed by atoms with Crippen LogP contribution in [0.5, 0.6) is 0 Å². The number of aliphatic imine (C=N–C) groups is 1. The Morgan fingerprint density at radius 2 is 1.82 bits per heavy atom. The van der Waals surface area contributed by atoms with Gasteiger partial charge in [0.1, 0.15) is 0 Å². The number of nitrogens with one attached hydrogen (secondary N) is 3. The van der Waals surface area contributed by atoms with Crippen LogP contribution in [0.1, 0.15) is 37.8 Å². The van der Waals surface area contributed by atoms with E-state index in [0.717, 1.165) is 24.9 Å². The summed E-state index contributed by atoms with van der Waals surface area (Å²) >= 11 is 0. The summed E-state index contributed by atoms with van der Waals surface area (Å²) in [7, 11) is 0. The van der Waals surface area contributed by atoms with Crippen molar-refractivity contribution in [3.63, 3.8) is 0 Å². The molecule has 0 saturated heterocycles. The zero-order valence-electron chi connectivity index (χ0n) is 13.9. The Balaban J connectivity index is 2.56. The van der Waals surface area contributed by atoms with Gasteiger partial charge >= 0.3 is 0 Å². The van der Waals surface area contributed by atoms with Crippen molar-refractivity contribution < 1.29 is 4.79 Å². The second-order valence-electron chi connectivity index (χ2n) is 5.24. The molecule has 3 N–H and O–H groups in total. The molecule has 0 bridgehead atoms. The van der Waals surface area contributed by atoms with Crippen molar-refractivity contribution in [3.05, 3.63) is 35.4 Å². The number of benzene rings is 1. The van der Waals surface area contributed by atoms with Crippen LogP contribution in [0.3, 0.4) is 0 Å². The fourth-order valence-corrected chi connectivity index (χ4v) is 1.85. The smallest absolute Gasteiger partial charge is 0.239 e. The summed E-state index contributed by atoms with van der Waals surface area (Å²) in [6.07, 6.45) is 2.20. The zero-order chi connectivity index (χ0) is 16.2. The maximum absolute atomic E-state index is 11.5. The molecule has 1 amide bonds. The van der Waals surface area contributed by atoms with Crippen molar-refractivity contribution in [1.29, 1.82) is 0 Å². The molecule has 0 saturated carbocycles. The predicted molar refractivity (Wildman–Crippen MR) is 91.9 cm³/mol. The van der Waals surface area contributed by atoms with E-state index >= 15 is 0 Å². The average Bonchev–Trinajstić information content (AvgIpc) is 2.51. The summed E-state index contributed by atoms with van der Waals surface area (Å²) in [5.41, 5.74) is 2.39. The monoisotopic (exact) mass is 304 g/mol. The number of unbranched alkanes of at least 4 members (excludes halogenated alkanes) is 1. The van der Waals surface area contributed by atoms with Crippen molar-refractivity contribution in [2.45, 2.75) is 40.2 Å². The van der Waals surface area contributed by atoms with Crippen LogP contribution in [-0.4, -0.2) is 31.5 Å². The fraction of sp³-hybridized carbons (Fsp3) is 0.529. The molecule has 5 nitrogen and oxygen atoms in total. The van der Waals surface area contributed by atoms with Gasteiger partial charge in [0.15, 0.2) is 5.96 Å². The number of carbonyl (C=O) groups is 1. The summed E-state index contributed by atoms with van der Waals surface area (Å²) < 4.78 is 0. The molecule has 0 aliphatic carbocycles. The third kappa shape index (κ3) is 7.67. The topological polar surface area (TPSA) is 65.5 Å². The van der Waals surface area contributed by atoms with E-state index in [2.05, 4.69) is 59.1 Å². The van der Waals surface area contributed by atoms with E-state index in [-0.39, 0.29) is 12.5 Å². The molecule has 0 aromatic heterocycles. The molecule has 1 aromatic carbocycles. The normalized spacial score (nSPS) is 11.1. The Morgan fingerprint density at radius 3 is 2.45 bits per heavy atom. The number of amides is 1. The molecule has 0 aliphatic rings. The van der Waals surface area contributed by atoms with Crippen LogP contribution in [0.25, 0.3) is 0 Å². The minimum atomic E-state index is -0.0252. The van der Waals surface area contributed by atoms with Gasteiger partial charge in [0, 0.05) is 13.1 Å². The van der Waals surface area contributed by atoms with Crippen LogP contribution in [0.4, 0.5) is 0 Å². The first kappa shape index (κ1) is 18.0. The number of nitrogens with zero attached hydrogens (tertiary/aromatic N) is 1. The van der Waals surface area contributed by atoms with Gasteiger partial charge in [-0.2, -0.15) is 0 Å². The van der Waals surface area contributed by atoms with Crippen LogP contribution < -0.4 is 16.0 Å². The maximum Gasteiger partial charge on any atom is 0.239 e. The van der Waals surface area contributed by atoms with Gasteiger partial charge in [0.2, 0.25) is 5.91 Å². The highest BCUT2D eigenvalue weighted by molar-refractivity contribution is 5.86. The van der Waals surface area contributed by atoms with Gasteiger partial charge in [0.05, 0.1) is 13.1 Å². The van der Waals surface area contributed by atoms with E-state index in [1.807, 2.05) is 6.92 Å². The Hall–Kier alpha value is -2.04. The van der Waals surface area contributed by atoms with Gasteiger partial charge in [-0.1, -0.05) is 43.2 Å². The lowest BCUT2D eigenvalue weighted by Crippen LogP contribution is -2.43. The van der Waals surface area contributed by atoms with E-state index in [9.17, 15) is 4.79 Å². The highest BCUT2D eigenvalue weighted by Gasteiger charge is 2.02. The van der Waals surface area contributed by atoms with Crippen molar-refractivity contribution in [3.8, 4) is 0 Å². The second-order valence-corrected chi connectivity index (χ2v) is 5.24. The lowest BCUT2D eigenvalue weighted by molar-refractivity contribution is -0.119. The summed E-state index contributed by atoms with van der Waals surface area (Å²) in [4.78, 5) is 16.1. The number of aryl methyl sites for hydroxylation is 1. The second kappa shape index (κ2) is 10.7. The number of carbonyl (C=O) groups excluding carboxylic acids is 1. The van der Waals surface area contributed by atoms with Crippen molar-refractivity contribution in [2.75, 3.05) is 19.6 Å². The molecule has 1 rings (SSSR count). The minimum Gasteiger partial charge on any atom is -0.356 e. The van der Waals surface area contributed by atoms with Crippen LogP contribution >= 0.6 is 0 Å². The van der Waals surface area contributed by atoms with E-state index in [0.29, 0.717) is 19.0 Å². The molecule has 22 heavy (non-hydrogen) atoms. The lowest BCUT2D eigenvalue weighted by Gasteiger charge is -2.12. The van der Waals surface area contributed by atoms with Crippen LogP contribution in [0.2, 0.25) is 0 Å². The Labute approximate surface area is 133 Å². The third-order valence-electron chi connectivity index (χ3n) is 3.15. The fourth-order valence-electron chi connectivity index (χ4n) is 1.85. The number of guanidine groups is 1. The Morgan fingerprint density at radius 1 is 1.09 bits per heavy atom. The molecule has 1 aromatic rings. The van der Waals surface area contributed by atoms with Crippen LogP contribution in [0, 0.1) is 6.92 Å². The molecular formula is C17H28N4O. The Bertz CT molecular complexity index is 468. The van der Waals surface area contributed by atoms with Crippen molar-refractivity contribution in [2.24, 2.45) is 4.99 Å². The number of rotatable bonds is 8. The highest BCUT2D eigenvalue weighted by atomic mass is 16.1. The van der Waals surface area contributed by atoms with E-state index in [1.165, 1.54) is 5.56 Å². The first-order valence-electron chi connectivity index (χ1n) is 8.00. The highest BCUT2D eigenvalue weighted by Crippen LogP contribution is 2.04. The van der Waals surface area contributed by atoms with Gasteiger partial charge in [-0.25, -0.2) is 4.99 Å². The molecule has 0 aliphatic heterocycles. The molecule has 5 heteroatoms. The quantitative estimate of drug-likeness (QED) is 0.391. The molecule has 0 fully saturated rings. The van der Waals surface area contributed by atoms with Crippen molar-refractivity contribution in [1.82, 2.24) is 16.0 Å². The van der Waals surface area contributed by atoms with E-state index < -0.39 is 0 Å². The molecule has 0 spiro atoms. The summed E-state index contributed by atoms with van der Waals surface area (Å²) in [5.74, 6) is 0.656. The van der Waals surface area contributed by atoms with E-state index in [4.69, 9.17) is 0 Å². The molecule has 122 valence electrons. The maximum atomic E-state index is 11.5. The van der Waals surface area contributed by atoms with Crippen molar-refractivity contribution >= 4 is 11.9 Å². The average molecular weight is 304 g/mol. The zero-order valence-corrected chi connectivity index (χ0v) is 13.9. The number of hydrogen-bond acceptors (Lipinski definition) is 2. The molecule has 0 radical (unpaired) electrons. The largest absolute Gasteiger partial charge is 0.356 e. The van der Waals surface area contributed by atoms with Gasteiger partial charge < -0.3 is 16.0 Å². The lowest BCUT2D eigenvalue weighted by atomic mass is 10.1.